The molecule has 21 heavy (non-hydrogen) atoms. The molecule has 1 saturated carbocycles. The zero-order valence-electron chi connectivity index (χ0n) is 12.5. The van der Waals surface area contributed by atoms with Gasteiger partial charge in [0.25, 0.3) is 0 Å². The summed E-state index contributed by atoms with van der Waals surface area (Å²) < 4.78 is 14.6. The van der Waals surface area contributed by atoms with Crippen LogP contribution in [0.2, 0.25) is 0 Å². The molecule has 110 valence electrons. The Kier molecular flexibility index (Phi) is 2.68. The maximum absolute atomic E-state index is 13.4. The number of halogens is 1. The van der Waals surface area contributed by atoms with Crippen molar-refractivity contribution in [2.75, 3.05) is 6.54 Å². The van der Waals surface area contributed by atoms with Crippen molar-refractivity contribution < 1.29 is 4.39 Å². The van der Waals surface area contributed by atoms with Crippen LogP contribution in [0.25, 0.3) is 15.7 Å². The SMILES string of the molecule is CC12CCC(C)(C1)C(c1cc3cc(F)ccc3s1)=C2CN. The lowest BCUT2D eigenvalue weighted by molar-refractivity contribution is 0.399. The summed E-state index contributed by atoms with van der Waals surface area (Å²) in [6, 6.07) is 7.22. The first-order chi connectivity index (χ1) is 9.95. The van der Waals surface area contributed by atoms with E-state index in [2.05, 4.69) is 19.9 Å². The second kappa shape index (κ2) is 4.17. The molecule has 1 aromatic heterocycles. The molecule has 0 radical (unpaired) electrons. The molecule has 2 bridgehead atoms. The largest absolute Gasteiger partial charge is 0.327 e. The normalized spacial score (nSPS) is 31.6. The highest BCUT2D eigenvalue weighted by molar-refractivity contribution is 7.20. The number of hydrogen-bond acceptors (Lipinski definition) is 2. The molecule has 1 heterocycles. The van der Waals surface area contributed by atoms with Gasteiger partial charge in [-0.3, -0.25) is 0 Å². The van der Waals surface area contributed by atoms with Crippen LogP contribution in [-0.2, 0) is 0 Å². The van der Waals surface area contributed by atoms with Gasteiger partial charge in [0.15, 0.2) is 0 Å². The van der Waals surface area contributed by atoms with Crippen LogP contribution in [0.15, 0.2) is 29.8 Å². The zero-order valence-corrected chi connectivity index (χ0v) is 13.3. The van der Waals surface area contributed by atoms with Crippen molar-refractivity contribution in [3.63, 3.8) is 0 Å². The Morgan fingerprint density at radius 3 is 2.71 bits per heavy atom. The second-order valence-electron chi connectivity index (χ2n) is 7.15. The lowest BCUT2D eigenvalue weighted by atomic mass is 9.77. The van der Waals surface area contributed by atoms with Crippen molar-refractivity contribution in [2.24, 2.45) is 16.6 Å². The van der Waals surface area contributed by atoms with E-state index in [1.807, 2.05) is 6.07 Å². The van der Waals surface area contributed by atoms with Crippen molar-refractivity contribution in [3.8, 4) is 0 Å². The Labute approximate surface area is 128 Å². The first-order valence-corrected chi connectivity index (χ1v) is 8.41. The van der Waals surface area contributed by atoms with Crippen LogP contribution in [0.1, 0.15) is 38.0 Å². The Hall–Kier alpha value is -1.19. The van der Waals surface area contributed by atoms with Crippen molar-refractivity contribution >= 4 is 27.0 Å². The Balaban J connectivity index is 1.94. The second-order valence-corrected chi connectivity index (χ2v) is 8.23. The van der Waals surface area contributed by atoms with E-state index < -0.39 is 0 Å². The maximum atomic E-state index is 13.4. The Bertz CT molecular complexity index is 775. The Morgan fingerprint density at radius 2 is 1.95 bits per heavy atom. The highest BCUT2D eigenvalue weighted by Crippen LogP contribution is 2.67. The van der Waals surface area contributed by atoms with E-state index in [1.165, 1.54) is 35.3 Å². The number of hydrogen-bond donors (Lipinski definition) is 1. The van der Waals surface area contributed by atoms with Crippen molar-refractivity contribution in [2.45, 2.75) is 33.1 Å². The number of nitrogens with two attached hydrogens (primary N) is 1. The van der Waals surface area contributed by atoms with Crippen LogP contribution in [0, 0.1) is 16.6 Å². The zero-order chi connectivity index (χ0) is 14.8. The first-order valence-electron chi connectivity index (χ1n) is 7.59. The van der Waals surface area contributed by atoms with E-state index in [4.69, 9.17) is 5.73 Å². The molecule has 3 heteroatoms. The van der Waals surface area contributed by atoms with Gasteiger partial charge in [-0.05, 0) is 70.9 Å². The predicted molar refractivity (Wildman–Crippen MR) is 87.8 cm³/mol. The van der Waals surface area contributed by atoms with Crippen molar-refractivity contribution in [1.29, 1.82) is 0 Å². The summed E-state index contributed by atoms with van der Waals surface area (Å²) in [6.07, 6.45) is 3.70. The highest BCUT2D eigenvalue weighted by Gasteiger charge is 2.54. The molecule has 2 aliphatic rings. The predicted octanol–water partition coefficient (Wildman–Crippen LogP) is 4.96. The quantitative estimate of drug-likeness (QED) is 0.833. The van der Waals surface area contributed by atoms with Gasteiger partial charge in [-0.15, -0.1) is 11.3 Å². The summed E-state index contributed by atoms with van der Waals surface area (Å²) in [5.41, 5.74) is 9.52. The van der Waals surface area contributed by atoms with E-state index >= 15 is 0 Å². The number of fused-ring (bicyclic) bond motifs is 3. The smallest absolute Gasteiger partial charge is 0.123 e. The molecule has 1 aromatic carbocycles. The summed E-state index contributed by atoms with van der Waals surface area (Å²) in [7, 11) is 0. The van der Waals surface area contributed by atoms with Crippen LogP contribution in [0.3, 0.4) is 0 Å². The van der Waals surface area contributed by atoms with E-state index in [0.29, 0.717) is 6.54 Å². The van der Waals surface area contributed by atoms with Gasteiger partial charge in [0.2, 0.25) is 0 Å². The molecule has 0 saturated heterocycles. The molecule has 2 atom stereocenters. The standard InChI is InChI=1S/C18H20FNS/c1-17-5-6-18(2,10-17)16(13(17)9-20)15-8-11-7-12(19)3-4-14(11)21-15/h3-4,7-8H,5-6,9-10,20H2,1-2H3. The molecule has 2 unspecified atom stereocenters. The fourth-order valence-electron chi connectivity index (χ4n) is 4.66. The summed E-state index contributed by atoms with van der Waals surface area (Å²) >= 11 is 1.78. The molecule has 2 N–H and O–H groups in total. The number of rotatable bonds is 2. The molecular formula is C18H20FNS. The first kappa shape index (κ1) is 13.5. The highest BCUT2D eigenvalue weighted by atomic mass is 32.1. The minimum absolute atomic E-state index is 0.161. The van der Waals surface area contributed by atoms with Gasteiger partial charge in [0.05, 0.1) is 0 Å². The molecule has 1 nitrogen and oxygen atoms in total. The molecule has 2 aliphatic carbocycles. The van der Waals surface area contributed by atoms with Crippen molar-refractivity contribution in [1.82, 2.24) is 0 Å². The molecule has 2 aromatic rings. The number of allylic oxidation sites excluding steroid dienone is 1. The molecule has 4 rings (SSSR count). The van der Waals surface area contributed by atoms with Crippen molar-refractivity contribution in [3.05, 3.63) is 40.5 Å². The van der Waals surface area contributed by atoms with Gasteiger partial charge in [0.1, 0.15) is 5.82 Å². The summed E-state index contributed by atoms with van der Waals surface area (Å²) in [4.78, 5) is 1.29. The van der Waals surface area contributed by atoms with Crippen LogP contribution in [0.5, 0.6) is 0 Å². The monoisotopic (exact) mass is 301 g/mol. The van der Waals surface area contributed by atoms with Gasteiger partial charge in [-0.2, -0.15) is 0 Å². The third-order valence-electron chi connectivity index (χ3n) is 5.57. The summed E-state index contributed by atoms with van der Waals surface area (Å²) in [5.74, 6) is -0.161. The summed E-state index contributed by atoms with van der Waals surface area (Å²) in [5, 5.41) is 1.01. The van der Waals surface area contributed by atoms with Gasteiger partial charge in [-0.1, -0.05) is 13.8 Å². The lowest BCUT2D eigenvalue weighted by Gasteiger charge is -2.29. The molecule has 0 amide bonds. The average molecular weight is 301 g/mol. The molecule has 0 spiro atoms. The Morgan fingerprint density at radius 1 is 1.19 bits per heavy atom. The summed E-state index contributed by atoms with van der Waals surface area (Å²) in [6.45, 7) is 5.38. The van der Waals surface area contributed by atoms with Crippen LogP contribution in [-0.4, -0.2) is 6.54 Å². The van der Waals surface area contributed by atoms with E-state index in [-0.39, 0.29) is 16.6 Å². The molecule has 0 aliphatic heterocycles. The number of benzene rings is 1. The topological polar surface area (TPSA) is 26.0 Å². The van der Waals surface area contributed by atoms with E-state index in [1.54, 1.807) is 23.5 Å². The molecular weight excluding hydrogens is 281 g/mol. The minimum atomic E-state index is -0.161. The lowest BCUT2D eigenvalue weighted by Crippen LogP contribution is -2.21. The van der Waals surface area contributed by atoms with Gasteiger partial charge in [-0.25, -0.2) is 4.39 Å². The van der Waals surface area contributed by atoms with Crippen LogP contribution >= 0.6 is 11.3 Å². The van der Waals surface area contributed by atoms with E-state index in [9.17, 15) is 4.39 Å². The van der Waals surface area contributed by atoms with Crippen LogP contribution in [0.4, 0.5) is 4.39 Å². The fourth-order valence-corrected chi connectivity index (χ4v) is 5.93. The average Bonchev–Trinajstić information content (AvgIpc) is 3.03. The third kappa shape index (κ3) is 1.77. The minimum Gasteiger partial charge on any atom is -0.327 e. The van der Waals surface area contributed by atoms with E-state index in [0.717, 1.165) is 10.1 Å². The van der Waals surface area contributed by atoms with Crippen LogP contribution < -0.4 is 5.73 Å². The number of thiophene rings is 1. The van der Waals surface area contributed by atoms with Gasteiger partial charge in [0, 0.05) is 16.1 Å². The molecule has 1 fully saturated rings. The maximum Gasteiger partial charge on any atom is 0.123 e. The fraction of sp³-hybridized carbons (Fsp3) is 0.444. The van der Waals surface area contributed by atoms with Gasteiger partial charge >= 0.3 is 0 Å². The third-order valence-corrected chi connectivity index (χ3v) is 6.71. The van der Waals surface area contributed by atoms with Gasteiger partial charge < -0.3 is 5.73 Å².